The van der Waals surface area contributed by atoms with E-state index < -0.39 is 5.97 Å². The average Bonchev–Trinajstić information content (AvgIpc) is 2.38. The standard InChI is InChI=1S/C14H20N2O3/c1-2-7-16-13(17)10-15-9-12-5-3-11(4-6-12)8-14(18)19/h3-6,15H,2,7-10H2,1H3,(H,16,17)(H,18,19). The van der Waals surface area contributed by atoms with Crippen LogP contribution in [0.2, 0.25) is 0 Å². The molecule has 1 amide bonds. The van der Waals surface area contributed by atoms with Crippen LogP contribution >= 0.6 is 0 Å². The molecule has 1 rings (SSSR count). The third kappa shape index (κ3) is 6.57. The van der Waals surface area contributed by atoms with Crippen molar-refractivity contribution in [3.8, 4) is 0 Å². The molecular weight excluding hydrogens is 244 g/mol. The van der Waals surface area contributed by atoms with Gasteiger partial charge in [0.25, 0.3) is 0 Å². The van der Waals surface area contributed by atoms with Crippen LogP contribution in [0.5, 0.6) is 0 Å². The van der Waals surface area contributed by atoms with Crippen molar-refractivity contribution in [3.05, 3.63) is 35.4 Å². The van der Waals surface area contributed by atoms with E-state index in [0.717, 1.165) is 17.5 Å². The fourth-order valence-electron chi connectivity index (χ4n) is 1.60. The number of hydrogen-bond donors (Lipinski definition) is 3. The van der Waals surface area contributed by atoms with Crippen molar-refractivity contribution >= 4 is 11.9 Å². The molecule has 0 unspecified atom stereocenters. The first-order valence-electron chi connectivity index (χ1n) is 6.39. The maximum Gasteiger partial charge on any atom is 0.307 e. The molecular formula is C14H20N2O3. The van der Waals surface area contributed by atoms with E-state index in [4.69, 9.17) is 5.11 Å². The minimum atomic E-state index is -0.835. The summed E-state index contributed by atoms with van der Waals surface area (Å²) in [5.41, 5.74) is 1.80. The van der Waals surface area contributed by atoms with E-state index in [1.807, 2.05) is 19.1 Å². The summed E-state index contributed by atoms with van der Waals surface area (Å²) in [7, 11) is 0. The average molecular weight is 264 g/mol. The van der Waals surface area contributed by atoms with Crippen LogP contribution in [0.1, 0.15) is 24.5 Å². The van der Waals surface area contributed by atoms with Gasteiger partial charge in [0.15, 0.2) is 0 Å². The number of carbonyl (C=O) groups excluding carboxylic acids is 1. The van der Waals surface area contributed by atoms with Gasteiger partial charge in [-0.3, -0.25) is 9.59 Å². The number of rotatable bonds is 8. The number of hydrogen-bond acceptors (Lipinski definition) is 3. The second-order valence-corrected chi connectivity index (χ2v) is 4.34. The molecule has 0 bridgehead atoms. The normalized spacial score (nSPS) is 10.2. The number of carboxylic acid groups (broad SMARTS) is 1. The number of benzene rings is 1. The lowest BCUT2D eigenvalue weighted by molar-refractivity contribution is -0.136. The van der Waals surface area contributed by atoms with Crippen molar-refractivity contribution in [3.63, 3.8) is 0 Å². The maximum atomic E-state index is 11.3. The van der Waals surface area contributed by atoms with Crippen molar-refractivity contribution in [1.82, 2.24) is 10.6 Å². The molecule has 3 N–H and O–H groups in total. The number of carboxylic acids is 1. The van der Waals surface area contributed by atoms with Gasteiger partial charge in [0.2, 0.25) is 5.91 Å². The van der Waals surface area contributed by atoms with Crippen molar-refractivity contribution in [2.75, 3.05) is 13.1 Å². The molecule has 0 fully saturated rings. The summed E-state index contributed by atoms with van der Waals surface area (Å²) >= 11 is 0. The second-order valence-electron chi connectivity index (χ2n) is 4.34. The smallest absolute Gasteiger partial charge is 0.307 e. The number of amides is 1. The summed E-state index contributed by atoms with van der Waals surface area (Å²) < 4.78 is 0. The first-order chi connectivity index (χ1) is 9.11. The molecule has 0 saturated carbocycles. The van der Waals surface area contributed by atoms with Gasteiger partial charge in [-0.15, -0.1) is 0 Å². The van der Waals surface area contributed by atoms with Gasteiger partial charge >= 0.3 is 5.97 Å². The van der Waals surface area contributed by atoms with E-state index in [1.54, 1.807) is 12.1 Å². The van der Waals surface area contributed by atoms with E-state index in [1.165, 1.54) is 0 Å². The van der Waals surface area contributed by atoms with Crippen LogP contribution in [0, 0.1) is 0 Å². The van der Waals surface area contributed by atoms with Gasteiger partial charge in [-0.25, -0.2) is 0 Å². The fraction of sp³-hybridized carbons (Fsp3) is 0.429. The molecule has 0 radical (unpaired) electrons. The molecule has 0 saturated heterocycles. The Bertz CT molecular complexity index is 415. The van der Waals surface area contributed by atoms with Gasteiger partial charge in [-0.05, 0) is 17.5 Å². The quantitative estimate of drug-likeness (QED) is 0.652. The zero-order valence-corrected chi connectivity index (χ0v) is 11.1. The summed E-state index contributed by atoms with van der Waals surface area (Å²) in [6.07, 6.45) is 0.962. The van der Waals surface area contributed by atoms with Crippen LogP contribution in [0.25, 0.3) is 0 Å². The van der Waals surface area contributed by atoms with E-state index in [2.05, 4.69) is 10.6 Å². The minimum Gasteiger partial charge on any atom is -0.481 e. The van der Waals surface area contributed by atoms with Crippen molar-refractivity contribution in [1.29, 1.82) is 0 Å². The predicted molar refractivity (Wildman–Crippen MR) is 72.8 cm³/mol. The first kappa shape index (κ1) is 15.2. The molecule has 0 aromatic heterocycles. The first-order valence-corrected chi connectivity index (χ1v) is 6.39. The van der Waals surface area contributed by atoms with Crippen LogP contribution in [0.3, 0.4) is 0 Å². The summed E-state index contributed by atoms with van der Waals surface area (Å²) in [5, 5.41) is 14.5. The van der Waals surface area contributed by atoms with Crippen LogP contribution in [-0.4, -0.2) is 30.1 Å². The number of nitrogens with one attached hydrogen (secondary N) is 2. The van der Waals surface area contributed by atoms with E-state index in [9.17, 15) is 9.59 Å². The Morgan fingerprint density at radius 1 is 1.16 bits per heavy atom. The van der Waals surface area contributed by atoms with Crippen LogP contribution in [0.15, 0.2) is 24.3 Å². The van der Waals surface area contributed by atoms with Gasteiger partial charge in [-0.2, -0.15) is 0 Å². The van der Waals surface area contributed by atoms with Crippen LogP contribution < -0.4 is 10.6 Å². The predicted octanol–water partition coefficient (Wildman–Crippen LogP) is 0.929. The zero-order chi connectivity index (χ0) is 14.1. The molecule has 104 valence electrons. The largest absolute Gasteiger partial charge is 0.481 e. The Balaban J connectivity index is 2.30. The lowest BCUT2D eigenvalue weighted by Gasteiger charge is -2.06. The Hall–Kier alpha value is -1.88. The Morgan fingerprint density at radius 2 is 1.79 bits per heavy atom. The molecule has 5 heteroatoms. The molecule has 0 spiro atoms. The molecule has 1 aromatic carbocycles. The summed E-state index contributed by atoms with van der Waals surface area (Å²) in [5.74, 6) is -0.845. The second kappa shape index (κ2) is 8.26. The molecule has 0 aliphatic rings. The molecule has 0 heterocycles. The maximum absolute atomic E-state index is 11.3. The molecule has 0 aliphatic heterocycles. The monoisotopic (exact) mass is 264 g/mol. The Labute approximate surface area is 113 Å². The Morgan fingerprint density at radius 3 is 2.37 bits per heavy atom. The molecule has 19 heavy (non-hydrogen) atoms. The van der Waals surface area contributed by atoms with Crippen LogP contribution in [0.4, 0.5) is 0 Å². The van der Waals surface area contributed by atoms with E-state index in [0.29, 0.717) is 13.1 Å². The van der Waals surface area contributed by atoms with Gasteiger partial charge in [0.1, 0.15) is 0 Å². The zero-order valence-electron chi connectivity index (χ0n) is 11.1. The highest BCUT2D eigenvalue weighted by Gasteiger charge is 2.01. The molecule has 0 aliphatic carbocycles. The van der Waals surface area contributed by atoms with Gasteiger partial charge < -0.3 is 15.7 Å². The third-order valence-electron chi connectivity index (χ3n) is 2.57. The molecule has 1 aromatic rings. The summed E-state index contributed by atoms with van der Waals surface area (Å²) in [6.45, 7) is 3.58. The summed E-state index contributed by atoms with van der Waals surface area (Å²) in [4.78, 5) is 21.9. The van der Waals surface area contributed by atoms with E-state index >= 15 is 0 Å². The van der Waals surface area contributed by atoms with Gasteiger partial charge in [0, 0.05) is 13.1 Å². The lowest BCUT2D eigenvalue weighted by atomic mass is 10.1. The van der Waals surface area contributed by atoms with Crippen LogP contribution in [-0.2, 0) is 22.6 Å². The highest BCUT2D eigenvalue weighted by Crippen LogP contribution is 2.05. The van der Waals surface area contributed by atoms with Crippen molar-refractivity contribution < 1.29 is 14.7 Å². The van der Waals surface area contributed by atoms with E-state index in [-0.39, 0.29) is 18.9 Å². The highest BCUT2D eigenvalue weighted by atomic mass is 16.4. The topological polar surface area (TPSA) is 78.4 Å². The highest BCUT2D eigenvalue weighted by molar-refractivity contribution is 5.77. The number of carbonyl (C=O) groups is 2. The lowest BCUT2D eigenvalue weighted by Crippen LogP contribution is -2.33. The van der Waals surface area contributed by atoms with Crippen molar-refractivity contribution in [2.45, 2.75) is 26.3 Å². The molecule has 5 nitrogen and oxygen atoms in total. The fourth-order valence-corrected chi connectivity index (χ4v) is 1.60. The minimum absolute atomic E-state index is 0.00986. The van der Waals surface area contributed by atoms with Crippen molar-refractivity contribution in [2.24, 2.45) is 0 Å². The number of aliphatic carboxylic acids is 1. The third-order valence-corrected chi connectivity index (χ3v) is 2.57. The summed E-state index contributed by atoms with van der Waals surface area (Å²) in [6, 6.07) is 7.33. The van der Waals surface area contributed by atoms with Gasteiger partial charge in [-0.1, -0.05) is 31.2 Å². The molecule has 0 atom stereocenters. The SMILES string of the molecule is CCCNC(=O)CNCc1ccc(CC(=O)O)cc1. The van der Waals surface area contributed by atoms with Gasteiger partial charge in [0.05, 0.1) is 13.0 Å². The Kier molecular flexibility index (Phi) is 6.60.